The van der Waals surface area contributed by atoms with Crippen LogP contribution in [-0.2, 0) is 9.53 Å². The van der Waals surface area contributed by atoms with Gasteiger partial charge in [0.05, 0.1) is 24.6 Å². The molecule has 0 spiro atoms. The molecule has 0 aliphatic heterocycles. The molecule has 2 heterocycles. The van der Waals surface area contributed by atoms with Gasteiger partial charge in [-0.1, -0.05) is 12.1 Å². The molecule has 2 N–H and O–H groups in total. The average Bonchev–Trinajstić information content (AvgIpc) is 3.58. The fraction of sp³-hybridized carbons (Fsp3) is 0.579. The van der Waals surface area contributed by atoms with E-state index in [0.717, 1.165) is 59.6 Å². The number of nitrogens with one attached hydrogen (secondary N) is 1. The lowest BCUT2D eigenvalue weighted by atomic mass is 9.79. The Balaban J connectivity index is 1.28. The lowest BCUT2D eigenvalue weighted by molar-refractivity contribution is -0.124. The van der Waals surface area contributed by atoms with Crippen LogP contribution >= 0.6 is 0 Å². The maximum absolute atomic E-state index is 14.4. The lowest BCUT2D eigenvalue weighted by Gasteiger charge is -2.36. The molecule has 3 aromatic rings. The molecule has 2 aliphatic rings. The summed E-state index contributed by atoms with van der Waals surface area (Å²) in [6.45, 7) is 10.3. The zero-order chi connectivity index (χ0) is 34.4. The third-order valence-electron chi connectivity index (χ3n) is 9.83. The Labute approximate surface area is 285 Å². The summed E-state index contributed by atoms with van der Waals surface area (Å²) in [7, 11) is 1.68. The number of hydrogen-bond donors (Lipinski definition) is 2. The third-order valence-corrected chi connectivity index (χ3v) is 9.83. The first-order chi connectivity index (χ1) is 22.9. The Morgan fingerprint density at radius 3 is 2.40 bits per heavy atom. The number of benzene rings is 1. The van der Waals surface area contributed by atoms with Crippen LogP contribution in [-0.4, -0.2) is 63.8 Å². The van der Waals surface area contributed by atoms with E-state index in [4.69, 9.17) is 14.5 Å². The number of ether oxygens (including phenoxy) is 2. The van der Waals surface area contributed by atoms with Crippen LogP contribution in [0.25, 0.3) is 11.1 Å². The Kier molecular flexibility index (Phi) is 11.5. The van der Waals surface area contributed by atoms with Crippen LogP contribution in [0.2, 0.25) is 0 Å². The monoisotopic (exact) mass is 659 g/mol. The van der Waals surface area contributed by atoms with Crippen LogP contribution in [0.3, 0.4) is 0 Å². The molecule has 5 rings (SSSR count). The fourth-order valence-corrected chi connectivity index (χ4v) is 6.98. The summed E-state index contributed by atoms with van der Waals surface area (Å²) in [5.41, 5.74) is 4.01. The van der Waals surface area contributed by atoms with Crippen molar-refractivity contribution < 1.29 is 24.2 Å². The molecular weight excluding hydrogens is 606 g/mol. The predicted octanol–water partition coefficient (Wildman–Crippen LogP) is 7.21. The zero-order valence-corrected chi connectivity index (χ0v) is 29.4. The molecule has 48 heavy (non-hydrogen) atoms. The van der Waals surface area contributed by atoms with Crippen LogP contribution in [0.15, 0.2) is 48.8 Å². The van der Waals surface area contributed by atoms with E-state index in [9.17, 15) is 14.7 Å². The summed E-state index contributed by atoms with van der Waals surface area (Å²) >= 11 is 0. The largest absolute Gasteiger partial charge is 0.495 e. The van der Waals surface area contributed by atoms with Gasteiger partial charge in [-0.3, -0.25) is 14.5 Å². The van der Waals surface area contributed by atoms with Crippen molar-refractivity contribution in [1.29, 1.82) is 0 Å². The van der Waals surface area contributed by atoms with Gasteiger partial charge in [-0.2, -0.15) is 5.10 Å². The van der Waals surface area contributed by atoms with E-state index < -0.39 is 11.7 Å². The van der Waals surface area contributed by atoms with Gasteiger partial charge in [0.25, 0.3) is 0 Å². The SMILES string of the molecule is COc1ccc(C2CCC(CN(C(=O)C3CCC(OC(=O)NCC(C)(C)O)CC3)c3cccc(-c4cnn(C(C)C)c4)c3)CC2)nc1C. The van der Waals surface area contributed by atoms with Crippen LogP contribution in [0.1, 0.15) is 102 Å². The van der Waals surface area contributed by atoms with Gasteiger partial charge in [-0.25, -0.2) is 4.79 Å². The first-order valence-electron chi connectivity index (χ1n) is 17.5. The number of carbonyl (C=O) groups is 2. The Morgan fingerprint density at radius 2 is 1.77 bits per heavy atom. The maximum Gasteiger partial charge on any atom is 0.407 e. The number of pyridine rings is 1. The normalized spacial score (nSPS) is 21.5. The molecule has 2 saturated carbocycles. The van der Waals surface area contributed by atoms with Gasteiger partial charge in [-0.15, -0.1) is 0 Å². The molecule has 0 radical (unpaired) electrons. The van der Waals surface area contributed by atoms with Gasteiger partial charge in [0.15, 0.2) is 0 Å². The van der Waals surface area contributed by atoms with Crippen molar-refractivity contribution in [2.45, 2.75) is 110 Å². The molecule has 0 unspecified atom stereocenters. The van der Waals surface area contributed by atoms with Gasteiger partial charge >= 0.3 is 6.09 Å². The number of aliphatic hydroxyl groups is 1. The molecular formula is C38H53N5O5. The molecule has 10 nitrogen and oxygen atoms in total. The van der Waals surface area contributed by atoms with Crippen molar-refractivity contribution in [3.63, 3.8) is 0 Å². The van der Waals surface area contributed by atoms with Crippen molar-refractivity contribution in [2.24, 2.45) is 11.8 Å². The van der Waals surface area contributed by atoms with Crippen molar-refractivity contribution in [2.75, 3.05) is 25.1 Å². The number of carbonyl (C=O) groups excluding carboxylic acids is 2. The molecule has 2 fully saturated rings. The second-order valence-corrected chi connectivity index (χ2v) is 14.6. The number of amides is 2. The number of rotatable bonds is 11. The topological polar surface area (TPSA) is 119 Å². The second kappa shape index (κ2) is 15.5. The number of methoxy groups -OCH3 is 1. The van der Waals surface area contributed by atoms with E-state index in [-0.39, 0.29) is 30.5 Å². The minimum Gasteiger partial charge on any atom is -0.495 e. The second-order valence-electron chi connectivity index (χ2n) is 14.6. The number of aryl methyl sites for hydroxylation is 1. The van der Waals surface area contributed by atoms with Crippen molar-refractivity contribution >= 4 is 17.7 Å². The highest BCUT2D eigenvalue weighted by atomic mass is 16.6. The van der Waals surface area contributed by atoms with Gasteiger partial charge < -0.3 is 24.8 Å². The molecule has 0 bridgehead atoms. The van der Waals surface area contributed by atoms with E-state index in [1.807, 2.05) is 40.9 Å². The summed E-state index contributed by atoms with van der Waals surface area (Å²) in [4.78, 5) is 33.5. The molecule has 0 saturated heterocycles. The van der Waals surface area contributed by atoms with Crippen LogP contribution in [0.4, 0.5) is 10.5 Å². The summed E-state index contributed by atoms with van der Waals surface area (Å²) in [6.07, 6.45) is 9.91. The maximum atomic E-state index is 14.4. The van der Waals surface area contributed by atoms with Crippen LogP contribution in [0.5, 0.6) is 5.75 Å². The van der Waals surface area contributed by atoms with E-state index >= 15 is 0 Å². The van der Waals surface area contributed by atoms with E-state index in [2.05, 4.69) is 48.7 Å². The van der Waals surface area contributed by atoms with E-state index in [1.54, 1.807) is 21.0 Å². The fourth-order valence-electron chi connectivity index (χ4n) is 6.98. The third kappa shape index (κ3) is 9.15. The summed E-state index contributed by atoms with van der Waals surface area (Å²) in [5.74, 6) is 1.61. The molecule has 2 amide bonds. The molecule has 0 atom stereocenters. The van der Waals surface area contributed by atoms with Crippen molar-refractivity contribution in [1.82, 2.24) is 20.1 Å². The first kappa shape index (κ1) is 35.4. The van der Waals surface area contributed by atoms with Gasteiger partial charge in [0.2, 0.25) is 5.91 Å². The van der Waals surface area contributed by atoms with Crippen LogP contribution < -0.4 is 15.0 Å². The molecule has 2 aromatic heterocycles. The Hall–Kier alpha value is -3.92. The van der Waals surface area contributed by atoms with Gasteiger partial charge in [-0.05, 0) is 122 Å². The van der Waals surface area contributed by atoms with E-state index in [1.165, 1.54) is 0 Å². The molecule has 1 aromatic carbocycles. The number of alkyl carbamates (subject to hydrolysis) is 1. The minimum absolute atomic E-state index is 0.115. The number of nitrogens with zero attached hydrogens (tertiary/aromatic N) is 4. The van der Waals surface area contributed by atoms with Gasteiger partial charge in [0.1, 0.15) is 11.9 Å². The molecule has 2 aliphatic carbocycles. The number of aromatic nitrogens is 3. The highest BCUT2D eigenvalue weighted by Gasteiger charge is 2.34. The van der Waals surface area contributed by atoms with Crippen molar-refractivity contribution in [3.8, 4) is 16.9 Å². The zero-order valence-electron chi connectivity index (χ0n) is 29.4. The smallest absolute Gasteiger partial charge is 0.407 e. The van der Waals surface area contributed by atoms with E-state index in [0.29, 0.717) is 44.1 Å². The highest BCUT2D eigenvalue weighted by molar-refractivity contribution is 5.95. The Morgan fingerprint density at radius 1 is 1.04 bits per heavy atom. The standard InChI is InChI=1S/C38H53N5O5/c1-25(2)43-23-31(21-40-43)30-8-7-9-32(20-30)42(22-27-10-12-28(13-11-27)34-18-19-35(47-6)26(3)41-34)36(44)29-14-16-33(17-15-29)48-37(45)39-24-38(4,5)46/h7-9,18-21,23,25,27-29,33,46H,10-17,22,24H2,1-6H3,(H,39,45). The quantitative estimate of drug-likeness (QED) is 0.223. The average molecular weight is 660 g/mol. The Bertz CT molecular complexity index is 1530. The predicted molar refractivity (Wildman–Crippen MR) is 187 cm³/mol. The van der Waals surface area contributed by atoms with Crippen molar-refractivity contribution in [3.05, 3.63) is 60.2 Å². The minimum atomic E-state index is -1.01. The van der Waals surface area contributed by atoms with Crippen LogP contribution in [0, 0.1) is 18.8 Å². The first-order valence-corrected chi connectivity index (χ1v) is 17.5. The molecule has 10 heteroatoms. The summed E-state index contributed by atoms with van der Waals surface area (Å²) < 4.78 is 13.0. The summed E-state index contributed by atoms with van der Waals surface area (Å²) in [5, 5.41) is 17.1. The molecule has 260 valence electrons. The van der Waals surface area contributed by atoms with Gasteiger partial charge in [0, 0.05) is 54.1 Å². The highest BCUT2D eigenvalue weighted by Crippen LogP contribution is 2.38. The number of hydrogen-bond acceptors (Lipinski definition) is 7. The lowest BCUT2D eigenvalue weighted by Crippen LogP contribution is -2.43. The number of anilines is 1. The summed E-state index contributed by atoms with van der Waals surface area (Å²) in [6, 6.07) is 12.7.